The lowest BCUT2D eigenvalue weighted by atomic mass is 9.55. The molecular weight excluding hydrogens is 206 g/mol. The highest BCUT2D eigenvalue weighted by Crippen LogP contribution is 2.62. The SMILES string of the molecule is N=S(=O)(Cc1ccccc1)C12CC(C1)C2. The summed E-state index contributed by atoms with van der Waals surface area (Å²) in [6, 6.07) is 9.80. The van der Waals surface area contributed by atoms with E-state index in [9.17, 15) is 4.21 Å². The molecule has 1 atom stereocenters. The summed E-state index contributed by atoms with van der Waals surface area (Å²) in [5.74, 6) is 1.24. The van der Waals surface area contributed by atoms with E-state index in [2.05, 4.69) is 0 Å². The van der Waals surface area contributed by atoms with Crippen molar-refractivity contribution in [3.8, 4) is 0 Å². The largest absolute Gasteiger partial charge is 0.252 e. The smallest absolute Gasteiger partial charge is 0.0571 e. The Hall–Kier alpha value is -0.830. The average molecular weight is 221 g/mol. The number of rotatable bonds is 3. The molecule has 0 amide bonds. The highest BCUT2D eigenvalue weighted by molar-refractivity contribution is 7.93. The Morgan fingerprint density at radius 3 is 2.33 bits per heavy atom. The Labute approximate surface area is 90.7 Å². The molecule has 15 heavy (non-hydrogen) atoms. The first kappa shape index (κ1) is 9.40. The first-order chi connectivity index (χ1) is 7.11. The van der Waals surface area contributed by atoms with E-state index in [4.69, 9.17) is 4.78 Å². The van der Waals surface area contributed by atoms with E-state index in [0.717, 1.165) is 30.7 Å². The van der Waals surface area contributed by atoms with Crippen LogP contribution in [-0.2, 0) is 15.5 Å². The van der Waals surface area contributed by atoms with E-state index >= 15 is 0 Å². The summed E-state index contributed by atoms with van der Waals surface area (Å²) in [4.78, 5) is 0. The third-order valence-corrected chi connectivity index (χ3v) is 6.53. The average Bonchev–Trinajstić information content (AvgIpc) is 1.97. The zero-order valence-electron chi connectivity index (χ0n) is 8.61. The van der Waals surface area contributed by atoms with Gasteiger partial charge in [-0.25, -0.2) is 4.21 Å². The maximum absolute atomic E-state index is 12.4. The Kier molecular flexibility index (Phi) is 1.78. The van der Waals surface area contributed by atoms with Gasteiger partial charge in [-0.2, -0.15) is 0 Å². The van der Waals surface area contributed by atoms with Gasteiger partial charge in [-0.1, -0.05) is 30.3 Å². The Morgan fingerprint density at radius 2 is 1.87 bits per heavy atom. The van der Waals surface area contributed by atoms with Crippen LogP contribution in [0.4, 0.5) is 0 Å². The number of nitrogens with one attached hydrogen (secondary N) is 1. The highest BCUT2D eigenvalue weighted by atomic mass is 32.2. The predicted molar refractivity (Wildman–Crippen MR) is 61.1 cm³/mol. The summed E-state index contributed by atoms with van der Waals surface area (Å²) in [7, 11) is -2.41. The normalized spacial score (nSPS) is 36.1. The van der Waals surface area contributed by atoms with E-state index in [-0.39, 0.29) is 4.75 Å². The van der Waals surface area contributed by atoms with Crippen LogP contribution >= 0.6 is 0 Å². The van der Waals surface area contributed by atoms with Crippen LogP contribution in [0.2, 0.25) is 0 Å². The second-order valence-corrected chi connectivity index (χ2v) is 7.47. The van der Waals surface area contributed by atoms with E-state index in [1.807, 2.05) is 30.3 Å². The van der Waals surface area contributed by atoms with E-state index < -0.39 is 9.73 Å². The van der Waals surface area contributed by atoms with Crippen molar-refractivity contribution in [3.63, 3.8) is 0 Å². The predicted octanol–water partition coefficient (Wildman–Crippen LogP) is 2.79. The van der Waals surface area contributed by atoms with Crippen molar-refractivity contribution in [2.24, 2.45) is 5.92 Å². The molecule has 2 bridgehead atoms. The molecule has 3 saturated carbocycles. The van der Waals surface area contributed by atoms with Gasteiger partial charge in [-0.05, 0) is 30.7 Å². The van der Waals surface area contributed by atoms with Gasteiger partial charge in [0, 0.05) is 0 Å². The fourth-order valence-electron chi connectivity index (χ4n) is 2.76. The summed E-state index contributed by atoms with van der Waals surface area (Å²) in [6.45, 7) is 0. The Bertz CT molecular complexity index is 461. The van der Waals surface area contributed by atoms with Crippen molar-refractivity contribution in [3.05, 3.63) is 35.9 Å². The van der Waals surface area contributed by atoms with Gasteiger partial charge >= 0.3 is 0 Å². The number of hydrogen-bond acceptors (Lipinski definition) is 2. The molecule has 1 aromatic rings. The fraction of sp³-hybridized carbons (Fsp3) is 0.500. The molecule has 0 saturated heterocycles. The molecule has 4 rings (SSSR count). The Balaban J connectivity index is 1.83. The van der Waals surface area contributed by atoms with Gasteiger partial charge in [0.1, 0.15) is 0 Å². The third-order valence-electron chi connectivity index (χ3n) is 3.89. The topological polar surface area (TPSA) is 40.9 Å². The van der Waals surface area contributed by atoms with Gasteiger partial charge in [0.15, 0.2) is 0 Å². The summed E-state index contributed by atoms with van der Waals surface area (Å²) < 4.78 is 20.4. The first-order valence-electron chi connectivity index (χ1n) is 5.41. The summed E-state index contributed by atoms with van der Waals surface area (Å²) >= 11 is 0. The minimum Gasteiger partial charge on any atom is -0.252 e. The first-order valence-corrected chi connectivity index (χ1v) is 7.14. The monoisotopic (exact) mass is 221 g/mol. The number of hydrogen-bond donors (Lipinski definition) is 1. The molecule has 3 aliphatic carbocycles. The molecule has 0 heterocycles. The van der Waals surface area contributed by atoms with Crippen LogP contribution < -0.4 is 0 Å². The molecule has 2 nitrogen and oxygen atoms in total. The molecule has 0 aliphatic heterocycles. The number of benzene rings is 1. The van der Waals surface area contributed by atoms with Gasteiger partial charge in [-0.3, -0.25) is 4.78 Å². The highest BCUT2D eigenvalue weighted by Gasteiger charge is 2.62. The minimum absolute atomic E-state index is 0.0898. The van der Waals surface area contributed by atoms with Crippen molar-refractivity contribution >= 4 is 9.73 Å². The zero-order chi connectivity index (χ0) is 10.5. The summed E-state index contributed by atoms with van der Waals surface area (Å²) in [5, 5.41) is 0. The van der Waals surface area contributed by atoms with E-state index in [0.29, 0.717) is 5.75 Å². The molecular formula is C12H15NOS. The van der Waals surface area contributed by atoms with Crippen LogP contribution in [0.1, 0.15) is 24.8 Å². The molecule has 1 unspecified atom stereocenters. The molecule has 0 spiro atoms. The van der Waals surface area contributed by atoms with E-state index in [1.54, 1.807) is 0 Å². The van der Waals surface area contributed by atoms with Crippen molar-refractivity contribution in [1.29, 1.82) is 4.78 Å². The van der Waals surface area contributed by atoms with Crippen LogP contribution in [0.5, 0.6) is 0 Å². The molecule has 1 aromatic carbocycles. The summed E-state index contributed by atoms with van der Waals surface area (Å²) in [6.07, 6.45) is 3.13. The van der Waals surface area contributed by atoms with Crippen LogP contribution in [0.3, 0.4) is 0 Å². The van der Waals surface area contributed by atoms with Gasteiger partial charge in [0.05, 0.1) is 20.2 Å². The van der Waals surface area contributed by atoms with Crippen LogP contribution in [-0.4, -0.2) is 8.96 Å². The third kappa shape index (κ3) is 1.26. The molecule has 3 heteroatoms. The van der Waals surface area contributed by atoms with Crippen LogP contribution in [0.25, 0.3) is 0 Å². The van der Waals surface area contributed by atoms with Gasteiger partial charge in [-0.15, -0.1) is 0 Å². The second-order valence-electron chi connectivity index (χ2n) is 4.97. The maximum atomic E-state index is 12.4. The fourth-order valence-corrected chi connectivity index (χ4v) is 5.25. The van der Waals surface area contributed by atoms with E-state index in [1.165, 1.54) is 0 Å². The van der Waals surface area contributed by atoms with Crippen molar-refractivity contribution < 1.29 is 4.21 Å². The molecule has 0 radical (unpaired) electrons. The molecule has 80 valence electrons. The van der Waals surface area contributed by atoms with Gasteiger partial charge in [0.2, 0.25) is 0 Å². The second kappa shape index (κ2) is 2.85. The quantitative estimate of drug-likeness (QED) is 0.837. The lowest BCUT2D eigenvalue weighted by Gasteiger charge is -2.61. The maximum Gasteiger partial charge on any atom is 0.0571 e. The lowest BCUT2D eigenvalue weighted by molar-refractivity contribution is 0.0511. The van der Waals surface area contributed by atoms with Crippen molar-refractivity contribution in [1.82, 2.24) is 0 Å². The van der Waals surface area contributed by atoms with Crippen molar-refractivity contribution in [2.45, 2.75) is 29.8 Å². The molecule has 3 fully saturated rings. The minimum atomic E-state index is -2.41. The standard InChI is InChI=1S/C12H15NOS/c13-15(14,12-6-11(7-12)8-12)9-10-4-2-1-3-5-10/h1-5,11,13H,6-9H2. The van der Waals surface area contributed by atoms with Crippen LogP contribution in [0, 0.1) is 10.7 Å². The molecule has 1 N–H and O–H groups in total. The molecule has 0 aromatic heterocycles. The zero-order valence-corrected chi connectivity index (χ0v) is 9.43. The van der Waals surface area contributed by atoms with Crippen molar-refractivity contribution in [2.75, 3.05) is 0 Å². The summed E-state index contributed by atoms with van der Waals surface area (Å²) in [5.41, 5.74) is 1.04. The van der Waals surface area contributed by atoms with Crippen LogP contribution in [0.15, 0.2) is 30.3 Å². The van der Waals surface area contributed by atoms with Gasteiger partial charge < -0.3 is 0 Å². The molecule has 3 aliphatic rings. The van der Waals surface area contributed by atoms with Gasteiger partial charge in [0.25, 0.3) is 0 Å². The lowest BCUT2D eigenvalue weighted by Crippen LogP contribution is -2.62. The Morgan fingerprint density at radius 1 is 1.27 bits per heavy atom.